The summed E-state index contributed by atoms with van der Waals surface area (Å²) in [5.41, 5.74) is 10.0. The molecule has 1 aliphatic rings. The molecule has 2 heterocycles. The minimum atomic E-state index is 0.199. The van der Waals surface area contributed by atoms with Crippen LogP contribution < -0.4 is 5.73 Å². The van der Waals surface area contributed by atoms with E-state index in [4.69, 9.17) is 5.73 Å². The van der Waals surface area contributed by atoms with E-state index in [1.807, 2.05) is 6.20 Å². The fraction of sp³-hybridized carbons (Fsp3) is 0.455. The van der Waals surface area contributed by atoms with Crippen LogP contribution >= 0.6 is 11.5 Å². The average Bonchev–Trinajstić information content (AvgIpc) is 2.85. The number of nitrogens with zero attached hydrogens (tertiary/aromatic N) is 3. The molecule has 5 heteroatoms. The lowest BCUT2D eigenvalue weighted by Gasteiger charge is -2.20. The maximum Gasteiger partial charge on any atom is 0.141 e. The number of hydrogen-bond donors (Lipinski definition) is 1. The van der Waals surface area contributed by atoms with E-state index in [-0.39, 0.29) is 6.04 Å². The van der Waals surface area contributed by atoms with Crippen molar-refractivity contribution in [3.8, 4) is 5.00 Å². The van der Waals surface area contributed by atoms with Gasteiger partial charge in [0.05, 0.1) is 6.20 Å². The number of aryl methyl sites for hydroxylation is 1. The highest BCUT2D eigenvalue weighted by molar-refractivity contribution is 7.08. The van der Waals surface area contributed by atoms with Gasteiger partial charge in [-0.25, -0.2) is 0 Å². The van der Waals surface area contributed by atoms with E-state index in [0.717, 1.165) is 17.8 Å². The molecule has 0 saturated carbocycles. The molecule has 2 N–H and O–H groups in total. The summed E-state index contributed by atoms with van der Waals surface area (Å²) in [6, 6.07) is 2.41. The normalized spacial score (nSPS) is 19.8. The summed E-state index contributed by atoms with van der Waals surface area (Å²) in [5.74, 6) is 0. The second-order valence-corrected chi connectivity index (χ2v) is 5.04. The van der Waals surface area contributed by atoms with Crippen LogP contribution in [-0.4, -0.2) is 14.2 Å². The lowest BCUT2D eigenvalue weighted by atomic mass is 9.93. The van der Waals surface area contributed by atoms with E-state index < -0.39 is 0 Å². The fourth-order valence-corrected chi connectivity index (χ4v) is 3.11. The summed E-state index contributed by atoms with van der Waals surface area (Å²) < 4.78 is 6.18. The molecule has 1 unspecified atom stereocenters. The summed E-state index contributed by atoms with van der Waals surface area (Å²) >= 11 is 1.43. The van der Waals surface area contributed by atoms with Crippen LogP contribution in [0.3, 0.4) is 0 Å². The first-order chi connectivity index (χ1) is 7.77. The third kappa shape index (κ3) is 1.39. The van der Waals surface area contributed by atoms with Crippen LogP contribution in [0.15, 0.2) is 12.3 Å². The van der Waals surface area contributed by atoms with Crippen LogP contribution in [0.25, 0.3) is 5.00 Å². The quantitative estimate of drug-likeness (QED) is 0.820. The molecule has 84 valence electrons. The number of fused-ring (bicyclic) bond motifs is 1. The van der Waals surface area contributed by atoms with Crippen LogP contribution in [0.5, 0.6) is 0 Å². The standard InChI is InChI=1S/C11H14N4S/c1-7-5-8-9(12)3-2-4-10(8)15(7)11-6-13-14-16-11/h5-6,9H,2-4,12H2,1H3. The summed E-state index contributed by atoms with van der Waals surface area (Å²) in [6.45, 7) is 2.12. The lowest BCUT2D eigenvalue weighted by molar-refractivity contribution is 0.560. The monoisotopic (exact) mass is 234 g/mol. The average molecular weight is 234 g/mol. The maximum absolute atomic E-state index is 6.14. The number of nitrogens with two attached hydrogens (primary N) is 1. The van der Waals surface area contributed by atoms with Gasteiger partial charge in [-0.1, -0.05) is 4.49 Å². The van der Waals surface area contributed by atoms with Crippen LogP contribution in [0.2, 0.25) is 0 Å². The maximum atomic E-state index is 6.14. The van der Waals surface area contributed by atoms with Crippen molar-refractivity contribution >= 4 is 11.5 Å². The second-order valence-electron chi connectivity index (χ2n) is 4.28. The Morgan fingerprint density at radius 3 is 3.19 bits per heavy atom. The highest BCUT2D eigenvalue weighted by Gasteiger charge is 2.23. The zero-order valence-electron chi connectivity index (χ0n) is 9.18. The van der Waals surface area contributed by atoms with Gasteiger partial charge in [-0.3, -0.25) is 0 Å². The van der Waals surface area contributed by atoms with Crippen LogP contribution in [0.4, 0.5) is 0 Å². The topological polar surface area (TPSA) is 56.7 Å². The Morgan fingerprint density at radius 1 is 1.56 bits per heavy atom. The minimum absolute atomic E-state index is 0.199. The van der Waals surface area contributed by atoms with Gasteiger partial charge in [0.25, 0.3) is 0 Å². The summed E-state index contributed by atoms with van der Waals surface area (Å²) in [7, 11) is 0. The van der Waals surface area contributed by atoms with Gasteiger partial charge in [-0.15, -0.1) is 5.10 Å². The highest BCUT2D eigenvalue weighted by atomic mass is 32.1. The molecule has 0 saturated heterocycles. The van der Waals surface area contributed by atoms with Crippen molar-refractivity contribution in [1.82, 2.24) is 14.2 Å². The molecule has 16 heavy (non-hydrogen) atoms. The zero-order valence-corrected chi connectivity index (χ0v) is 10.00. The Morgan fingerprint density at radius 2 is 2.44 bits per heavy atom. The molecule has 3 rings (SSSR count). The molecule has 0 amide bonds. The Bertz CT molecular complexity index is 500. The molecule has 4 nitrogen and oxygen atoms in total. The van der Waals surface area contributed by atoms with E-state index in [9.17, 15) is 0 Å². The Kier molecular flexibility index (Phi) is 2.29. The molecule has 1 aliphatic carbocycles. The zero-order chi connectivity index (χ0) is 11.1. The molecule has 0 radical (unpaired) electrons. The number of hydrogen-bond acceptors (Lipinski definition) is 4. The van der Waals surface area contributed by atoms with Gasteiger partial charge < -0.3 is 10.3 Å². The molecule has 0 aromatic carbocycles. The summed E-state index contributed by atoms with van der Waals surface area (Å²) in [5, 5.41) is 4.99. The molecule has 0 aliphatic heterocycles. The Labute approximate surface area is 98.3 Å². The van der Waals surface area contributed by atoms with Gasteiger partial charge in [0, 0.05) is 29.0 Å². The molecular formula is C11H14N4S. The van der Waals surface area contributed by atoms with E-state index in [0.29, 0.717) is 0 Å². The first kappa shape index (κ1) is 9.99. The van der Waals surface area contributed by atoms with Crippen molar-refractivity contribution in [3.05, 3.63) is 29.2 Å². The van der Waals surface area contributed by atoms with Crippen molar-refractivity contribution in [2.45, 2.75) is 32.2 Å². The van der Waals surface area contributed by atoms with Crippen LogP contribution in [0.1, 0.15) is 35.8 Å². The van der Waals surface area contributed by atoms with Crippen LogP contribution in [-0.2, 0) is 6.42 Å². The van der Waals surface area contributed by atoms with E-state index in [2.05, 4.69) is 27.1 Å². The first-order valence-corrected chi connectivity index (χ1v) is 6.29. The SMILES string of the molecule is Cc1cc2c(n1-c1cnns1)CCCC2N. The minimum Gasteiger partial charge on any atom is -0.324 e. The third-order valence-corrected chi connectivity index (χ3v) is 3.87. The van der Waals surface area contributed by atoms with E-state index in [1.54, 1.807) is 0 Å². The molecule has 0 fully saturated rings. The van der Waals surface area contributed by atoms with Gasteiger partial charge >= 0.3 is 0 Å². The number of rotatable bonds is 1. The number of aromatic nitrogens is 3. The van der Waals surface area contributed by atoms with Gasteiger partial charge in [-0.05, 0) is 37.8 Å². The summed E-state index contributed by atoms with van der Waals surface area (Å²) in [4.78, 5) is 0. The first-order valence-electron chi connectivity index (χ1n) is 5.52. The third-order valence-electron chi connectivity index (χ3n) is 3.22. The Balaban J connectivity index is 2.19. The predicted molar refractivity (Wildman–Crippen MR) is 63.8 cm³/mol. The van der Waals surface area contributed by atoms with Crippen molar-refractivity contribution in [3.63, 3.8) is 0 Å². The molecule has 2 aromatic heterocycles. The van der Waals surface area contributed by atoms with E-state index in [1.165, 1.54) is 34.9 Å². The van der Waals surface area contributed by atoms with Gasteiger partial charge in [-0.2, -0.15) is 0 Å². The Hall–Kier alpha value is -1.20. The van der Waals surface area contributed by atoms with E-state index >= 15 is 0 Å². The van der Waals surface area contributed by atoms with Crippen LogP contribution in [0, 0.1) is 6.92 Å². The smallest absolute Gasteiger partial charge is 0.141 e. The molecule has 2 aromatic rings. The second kappa shape index (κ2) is 3.68. The van der Waals surface area contributed by atoms with Crippen molar-refractivity contribution < 1.29 is 0 Å². The van der Waals surface area contributed by atoms with Gasteiger partial charge in [0.1, 0.15) is 5.00 Å². The van der Waals surface area contributed by atoms with Crippen molar-refractivity contribution in [1.29, 1.82) is 0 Å². The predicted octanol–water partition coefficient (Wildman–Crippen LogP) is 1.97. The summed E-state index contributed by atoms with van der Waals surface area (Å²) in [6.07, 6.45) is 5.19. The van der Waals surface area contributed by atoms with Gasteiger partial charge in [0.2, 0.25) is 0 Å². The van der Waals surface area contributed by atoms with Crippen molar-refractivity contribution in [2.75, 3.05) is 0 Å². The molecular weight excluding hydrogens is 220 g/mol. The van der Waals surface area contributed by atoms with Crippen molar-refractivity contribution in [2.24, 2.45) is 5.73 Å². The molecule has 1 atom stereocenters. The van der Waals surface area contributed by atoms with Gasteiger partial charge in [0.15, 0.2) is 0 Å². The largest absolute Gasteiger partial charge is 0.324 e. The molecule has 0 spiro atoms. The fourth-order valence-electron chi connectivity index (χ4n) is 2.50. The molecule has 0 bridgehead atoms. The highest BCUT2D eigenvalue weighted by Crippen LogP contribution is 2.33. The lowest BCUT2D eigenvalue weighted by Crippen LogP contribution is -2.17.